The fraction of sp³-hybridized carbons (Fsp3) is 0.211. The summed E-state index contributed by atoms with van der Waals surface area (Å²) in [6.45, 7) is 1.90. The second kappa shape index (κ2) is 7.32. The van der Waals surface area contributed by atoms with Crippen molar-refractivity contribution in [1.29, 1.82) is 0 Å². The number of carbonyl (C=O) groups excluding carboxylic acids is 3. The SMILES string of the molecule is CCCCS(=O)(=O)c1ccc(C(=O)ON2C(=O)c3ccccc3C2=O)cc1. The Morgan fingerprint density at radius 1 is 0.963 bits per heavy atom. The van der Waals surface area contributed by atoms with E-state index in [2.05, 4.69) is 0 Å². The molecule has 0 bridgehead atoms. The van der Waals surface area contributed by atoms with Crippen LogP contribution in [0.4, 0.5) is 0 Å². The number of nitrogens with zero attached hydrogens (tertiary/aromatic N) is 1. The first-order valence-corrected chi connectivity index (χ1v) is 10.0. The average molecular weight is 387 g/mol. The van der Waals surface area contributed by atoms with Gasteiger partial charge in [-0.3, -0.25) is 9.59 Å². The number of hydrogen-bond acceptors (Lipinski definition) is 6. The molecule has 0 atom stereocenters. The molecule has 140 valence electrons. The fourth-order valence-electron chi connectivity index (χ4n) is 2.64. The summed E-state index contributed by atoms with van der Waals surface area (Å²) in [4.78, 5) is 41.7. The van der Waals surface area contributed by atoms with E-state index in [-0.39, 0.29) is 27.3 Å². The first-order valence-electron chi connectivity index (χ1n) is 8.38. The van der Waals surface area contributed by atoms with E-state index in [9.17, 15) is 22.8 Å². The van der Waals surface area contributed by atoms with Gasteiger partial charge in [0, 0.05) is 0 Å². The van der Waals surface area contributed by atoms with Gasteiger partial charge in [0.2, 0.25) is 0 Å². The number of imide groups is 1. The number of amides is 2. The molecule has 8 heteroatoms. The van der Waals surface area contributed by atoms with Crippen LogP contribution < -0.4 is 0 Å². The molecule has 2 aromatic rings. The number of rotatable bonds is 6. The van der Waals surface area contributed by atoms with E-state index in [1.807, 2.05) is 6.92 Å². The van der Waals surface area contributed by atoms with Crippen molar-refractivity contribution in [3.8, 4) is 0 Å². The summed E-state index contributed by atoms with van der Waals surface area (Å²) in [6.07, 6.45) is 1.30. The topological polar surface area (TPSA) is 97.8 Å². The minimum atomic E-state index is -3.41. The van der Waals surface area contributed by atoms with Crippen LogP contribution in [0.2, 0.25) is 0 Å². The summed E-state index contributed by atoms with van der Waals surface area (Å²) in [5.74, 6) is -2.34. The maximum atomic E-state index is 12.3. The van der Waals surface area contributed by atoms with Crippen LogP contribution in [0.25, 0.3) is 0 Å². The highest BCUT2D eigenvalue weighted by atomic mass is 32.2. The van der Waals surface area contributed by atoms with Crippen molar-refractivity contribution in [3.63, 3.8) is 0 Å². The molecular weight excluding hydrogens is 370 g/mol. The molecule has 0 N–H and O–H groups in total. The maximum Gasteiger partial charge on any atom is 0.363 e. The lowest BCUT2D eigenvalue weighted by Gasteiger charge is -2.12. The molecule has 0 unspecified atom stereocenters. The lowest BCUT2D eigenvalue weighted by Crippen LogP contribution is -2.32. The number of benzene rings is 2. The highest BCUT2D eigenvalue weighted by molar-refractivity contribution is 7.91. The molecule has 2 amide bonds. The van der Waals surface area contributed by atoms with Gasteiger partial charge in [-0.05, 0) is 42.8 Å². The van der Waals surface area contributed by atoms with Crippen molar-refractivity contribution in [2.45, 2.75) is 24.7 Å². The van der Waals surface area contributed by atoms with E-state index in [0.717, 1.165) is 6.42 Å². The monoisotopic (exact) mass is 387 g/mol. The van der Waals surface area contributed by atoms with Crippen LogP contribution in [0.1, 0.15) is 50.8 Å². The molecule has 1 heterocycles. The molecule has 7 nitrogen and oxygen atoms in total. The van der Waals surface area contributed by atoms with E-state index < -0.39 is 27.6 Å². The van der Waals surface area contributed by atoms with Crippen molar-refractivity contribution in [2.24, 2.45) is 0 Å². The molecule has 0 aliphatic carbocycles. The van der Waals surface area contributed by atoms with Crippen molar-refractivity contribution in [1.82, 2.24) is 5.06 Å². The van der Waals surface area contributed by atoms with Crippen LogP contribution >= 0.6 is 0 Å². The third kappa shape index (κ3) is 3.61. The van der Waals surface area contributed by atoms with Crippen LogP contribution in [-0.2, 0) is 14.7 Å². The highest BCUT2D eigenvalue weighted by Gasteiger charge is 2.38. The molecule has 27 heavy (non-hydrogen) atoms. The van der Waals surface area contributed by atoms with Gasteiger partial charge in [0.15, 0.2) is 9.84 Å². The molecule has 0 aromatic heterocycles. The third-order valence-electron chi connectivity index (χ3n) is 4.15. The Kier molecular flexibility index (Phi) is 5.09. The van der Waals surface area contributed by atoms with Gasteiger partial charge < -0.3 is 4.84 Å². The summed E-state index contributed by atoms with van der Waals surface area (Å²) in [7, 11) is -3.41. The summed E-state index contributed by atoms with van der Waals surface area (Å²) in [5.41, 5.74) is 0.348. The largest absolute Gasteiger partial charge is 0.363 e. The highest BCUT2D eigenvalue weighted by Crippen LogP contribution is 2.23. The molecule has 0 saturated carbocycles. The Morgan fingerprint density at radius 2 is 1.52 bits per heavy atom. The minimum absolute atomic E-state index is 0.0287. The molecule has 3 rings (SSSR count). The van der Waals surface area contributed by atoms with Gasteiger partial charge >= 0.3 is 5.97 Å². The average Bonchev–Trinajstić information content (AvgIpc) is 2.92. The van der Waals surface area contributed by atoms with E-state index >= 15 is 0 Å². The maximum absolute atomic E-state index is 12.3. The van der Waals surface area contributed by atoms with Crippen LogP contribution in [0.5, 0.6) is 0 Å². The second-order valence-corrected chi connectivity index (χ2v) is 8.13. The van der Waals surface area contributed by atoms with Crippen molar-refractivity contribution in [3.05, 3.63) is 65.2 Å². The Morgan fingerprint density at radius 3 is 2.04 bits per heavy atom. The summed E-state index contributed by atoms with van der Waals surface area (Å²) < 4.78 is 24.3. The normalized spacial score (nSPS) is 13.6. The van der Waals surface area contributed by atoms with Gasteiger partial charge in [-0.15, -0.1) is 0 Å². The van der Waals surface area contributed by atoms with Crippen molar-refractivity contribution >= 4 is 27.6 Å². The first kappa shape index (κ1) is 18.8. The predicted molar refractivity (Wildman–Crippen MR) is 95.8 cm³/mol. The number of hydrogen-bond donors (Lipinski definition) is 0. The lowest BCUT2D eigenvalue weighted by atomic mass is 10.1. The molecule has 0 spiro atoms. The molecule has 0 saturated heterocycles. The lowest BCUT2D eigenvalue weighted by molar-refractivity contribution is -0.0584. The van der Waals surface area contributed by atoms with Gasteiger partial charge in [-0.1, -0.05) is 30.5 Å². The molecular formula is C19H17NO6S. The van der Waals surface area contributed by atoms with E-state index in [1.165, 1.54) is 36.4 Å². The second-order valence-electron chi connectivity index (χ2n) is 6.03. The quantitative estimate of drug-likeness (QED) is 0.707. The van der Waals surface area contributed by atoms with Gasteiger partial charge in [0.05, 0.1) is 27.3 Å². The van der Waals surface area contributed by atoms with Gasteiger partial charge in [0.25, 0.3) is 11.8 Å². The van der Waals surface area contributed by atoms with Crippen molar-refractivity contribution in [2.75, 3.05) is 5.75 Å². The Balaban J connectivity index is 1.74. The molecule has 2 aromatic carbocycles. The van der Waals surface area contributed by atoms with Crippen LogP contribution in [0, 0.1) is 0 Å². The molecule has 1 aliphatic heterocycles. The fourth-order valence-corrected chi connectivity index (χ4v) is 4.09. The van der Waals surface area contributed by atoms with E-state index in [0.29, 0.717) is 11.5 Å². The Labute approximate surface area is 156 Å². The summed E-state index contributed by atoms with van der Waals surface area (Å²) >= 11 is 0. The van der Waals surface area contributed by atoms with Gasteiger partial charge in [-0.25, -0.2) is 13.2 Å². The molecule has 1 aliphatic rings. The first-order chi connectivity index (χ1) is 12.8. The van der Waals surface area contributed by atoms with Crippen LogP contribution in [-0.4, -0.2) is 37.0 Å². The van der Waals surface area contributed by atoms with E-state index in [4.69, 9.17) is 4.84 Å². The minimum Gasteiger partial charge on any atom is -0.324 e. The smallest absolute Gasteiger partial charge is 0.324 e. The number of hydroxylamine groups is 2. The van der Waals surface area contributed by atoms with Gasteiger partial charge in [-0.2, -0.15) is 0 Å². The number of fused-ring (bicyclic) bond motifs is 1. The standard InChI is InChI=1S/C19H17NO6S/c1-2-3-12-27(24,25)14-10-8-13(9-11-14)19(23)26-20-17(21)15-6-4-5-7-16(15)18(20)22/h4-11H,2-3,12H2,1H3. The number of carbonyl (C=O) groups is 3. The number of unbranched alkanes of at least 4 members (excludes halogenated alkanes) is 1. The van der Waals surface area contributed by atoms with Crippen LogP contribution in [0.3, 0.4) is 0 Å². The predicted octanol–water partition coefficient (Wildman–Crippen LogP) is 2.63. The zero-order valence-corrected chi connectivity index (χ0v) is 15.4. The van der Waals surface area contributed by atoms with Crippen molar-refractivity contribution < 1.29 is 27.6 Å². The molecule has 0 fully saturated rings. The molecule has 0 radical (unpaired) electrons. The van der Waals surface area contributed by atoms with Crippen LogP contribution in [0.15, 0.2) is 53.4 Å². The van der Waals surface area contributed by atoms with E-state index in [1.54, 1.807) is 12.1 Å². The van der Waals surface area contributed by atoms with Gasteiger partial charge in [0.1, 0.15) is 0 Å². The zero-order valence-electron chi connectivity index (χ0n) is 14.5. The Hall–Kier alpha value is -3.00. The Bertz CT molecular complexity index is 976. The third-order valence-corrected chi connectivity index (χ3v) is 5.96. The summed E-state index contributed by atoms with van der Waals surface area (Å²) in [6, 6.07) is 11.4. The number of sulfone groups is 1. The zero-order chi connectivity index (χ0) is 19.6. The summed E-state index contributed by atoms with van der Waals surface area (Å²) in [5, 5.41) is 0.416.